The highest BCUT2D eigenvalue weighted by Crippen LogP contribution is 2.31. The summed E-state index contributed by atoms with van der Waals surface area (Å²) in [4.78, 5) is 22.9. The van der Waals surface area contributed by atoms with E-state index in [-0.39, 0.29) is 5.91 Å². The quantitative estimate of drug-likeness (QED) is 0.319. The largest absolute Gasteiger partial charge is 0.338 e. The Labute approximate surface area is 199 Å². The first kappa shape index (κ1) is 22.4. The van der Waals surface area contributed by atoms with E-state index >= 15 is 0 Å². The zero-order valence-corrected chi connectivity index (χ0v) is 20.0. The Balaban J connectivity index is 1.61. The van der Waals surface area contributed by atoms with Crippen LogP contribution in [0.4, 0.5) is 0 Å². The van der Waals surface area contributed by atoms with Crippen molar-refractivity contribution in [1.29, 1.82) is 0 Å². The van der Waals surface area contributed by atoms with Gasteiger partial charge in [-0.2, -0.15) is 0 Å². The predicted octanol–water partition coefficient (Wildman–Crippen LogP) is 5.21. The number of hydrogen-bond acceptors (Lipinski definition) is 7. The third-order valence-corrected chi connectivity index (χ3v) is 6.99. The highest BCUT2D eigenvalue weighted by molar-refractivity contribution is 7.98. The molecule has 0 aliphatic rings. The molecule has 4 aromatic rings. The fourth-order valence-electron chi connectivity index (χ4n) is 3.17. The van der Waals surface area contributed by atoms with E-state index < -0.39 is 0 Å². The van der Waals surface area contributed by atoms with Crippen molar-refractivity contribution >= 4 is 40.6 Å². The number of benzene rings is 1. The Bertz CT molecular complexity index is 1210. The summed E-state index contributed by atoms with van der Waals surface area (Å²) in [6.07, 6.45) is 3.45. The number of thiazole rings is 1. The zero-order chi connectivity index (χ0) is 22.5. The minimum absolute atomic E-state index is 0.0374. The second kappa shape index (κ2) is 10.2. The van der Waals surface area contributed by atoms with Crippen molar-refractivity contribution in [3.8, 4) is 17.1 Å². The molecule has 7 nitrogen and oxygen atoms in total. The Morgan fingerprint density at radius 3 is 2.66 bits per heavy atom. The van der Waals surface area contributed by atoms with Gasteiger partial charge in [-0.1, -0.05) is 29.4 Å². The first-order chi connectivity index (χ1) is 15.6. The third kappa shape index (κ3) is 4.85. The molecule has 0 radical (unpaired) electrons. The average molecular weight is 485 g/mol. The molecule has 3 aromatic heterocycles. The van der Waals surface area contributed by atoms with E-state index in [4.69, 9.17) is 11.6 Å². The van der Waals surface area contributed by atoms with Gasteiger partial charge in [0.1, 0.15) is 10.7 Å². The molecular formula is C22H21ClN6OS2. The molecule has 32 heavy (non-hydrogen) atoms. The molecular weight excluding hydrogens is 464 g/mol. The minimum Gasteiger partial charge on any atom is -0.338 e. The molecule has 0 unspecified atom stereocenters. The molecule has 1 amide bonds. The lowest BCUT2D eigenvalue weighted by atomic mass is 10.2. The van der Waals surface area contributed by atoms with E-state index in [0.717, 1.165) is 16.3 Å². The summed E-state index contributed by atoms with van der Waals surface area (Å²) in [5.74, 6) is 1.24. The molecule has 0 N–H and O–H groups in total. The summed E-state index contributed by atoms with van der Waals surface area (Å²) < 4.78 is 1.97. The number of halogens is 1. The standard InChI is InChI=1S/C22H21ClN6OS2/c1-3-28(4-2)21(30)18-13-31-19(25-18)14-32-22-27-26-20(15-8-10-24-11-9-15)29(22)17-7-5-6-16(23)12-17/h5-13H,3-4,14H2,1-2H3. The number of rotatable bonds is 8. The van der Waals surface area contributed by atoms with Gasteiger partial charge in [-0.25, -0.2) is 4.98 Å². The van der Waals surface area contributed by atoms with E-state index in [1.54, 1.807) is 17.3 Å². The van der Waals surface area contributed by atoms with Crippen LogP contribution < -0.4 is 0 Å². The lowest BCUT2D eigenvalue weighted by molar-refractivity contribution is 0.0768. The van der Waals surface area contributed by atoms with Crippen LogP contribution in [-0.4, -0.2) is 48.6 Å². The van der Waals surface area contributed by atoms with Gasteiger partial charge in [-0.3, -0.25) is 14.3 Å². The molecule has 0 aliphatic heterocycles. The highest BCUT2D eigenvalue weighted by Gasteiger charge is 2.19. The topological polar surface area (TPSA) is 76.8 Å². The Hall–Kier alpha value is -2.75. The van der Waals surface area contributed by atoms with Gasteiger partial charge in [0.05, 0.1) is 11.4 Å². The molecule has 164 valence electrons. The van der Waals surface area contributed by atoms with Gasteiger partial charge in [0.25, 0.3) is 5.91 Å². The van der Waals surface area contributed by atoms with Crippen molar-refractivity contribution in [2.45, 2.75) is 24.8 Å². The monoisotopic (exact) mass is 484 g/mol. The fourth-order valence-corrected chi connectivity index (χ4v) is 5.10. The molecule has 4 rings (SSSR count). The number of thioether (sulfide) groups is 1. The number of carbonyl (C=O) groups excluding carboxylic acids is 1. The van der Waals surface area contributed by atoms with Crippen LogP contribution >= 0.6 is 34.7 Å². The zero-order valence-electron chi connectivity index (χ0n) is 17.6. The first-order valence-electron chi connectivity index (χ1n) is 10.1. The molecule has 0 aliphatic carbocycles. The van der Waals surface area contributed by atoms with Crippen LogP contribution in [0.15, 0.2) is 59.3 Å². The normalized spacial score (nSPS) is 11.0. The summed E-state index contributed by atoms with van der Waals surface area (Å²) in [5, 5.41) is 12.9. The van der Waals surface area contributed by atoms with Gasteiger partial charge >= 0.3 is 0 Å². The van der Waals surface area contributed by atoms with Crippen molar-refractivity contribution in [1.82, 2.24) is 29.6 Å². The van der Waals surface area contributed by atoms with Crippen LogP contribution in [0.2, 0.25) is 5.02 Å². The molecule has 0 saturated carbocycles. The summed E-state index contributed by atoms with van der Waals surface area (Å²) in [6.45, 7) is 5.26. The van der Waals surface area contributed by atoms with Crippen LogP contribution in [0, 0.1) is 0 Å². The van der Waals surface area contributed by atoms with E-state index in [9.17, 15) is 4.79 Å². The maximum absolute atomic E-state index is 12.5. The van der Waals surface area contributed by atoms with E-state index in [2.05, 4.69) is 20.2 Å². The Kier molecular flexibility index (Phi) is 7.19. The van der Waals surface area contributed by atoms with Crippen LogP contribution in [0.5, 0.6) is 0 Å². The SMILES string of the molecule is CCN(CC)C(=O)c1csc(CSc2nnc(-c3ccncc3)n2-c2cccc(Cl)c2)n1. The average Bonchev–Trinajstić information content (AvgIpc) is 3.46. The molecule has 0 atom stereocenters. The Morgan fingerprint density at radius 2 is 1.94 bits per heavy atom. The molecule has 0 bridgehead atoms. The molecule has 10 heteroatoms. The van der Waals surface area contributed by atoms with Gasteiger partial charge < -0.3 is 4.90 Å². The molecule has 0 saturated heterocycles. The van der Waals surface area contributed by atoms with Crippen molar-refractivity contribution in [2.24, 2.45) is 0 Å². The summed E-state index contributed by atoms with van der Waals surface area (Å²) in [6, 6.07) is 11.4. The molecule has 1 aromatic carbocycles. The third-order valence-electron chi connectivity index (χ3n) is 4.78. The summed E-state index contributed by atoms with van der Waals surface area (Å²) >= 11 is 9.24. The van der Waals surface area contributed by atoms with Crippen LogP contribution in [0.1, 0.15) is 29.3 Å². The maximum Gasteiger partial charge on any atom is 0.273 e. The van der Waals surface area contributed by atoms with Crippen LogP contribution in [0.3, 0.4) is 0 Å². The van der Waals surface area contributed by atoms with Crippen molar-refractivity contribution in [3.63, 3.8) is 0 Å². The predicted molar refractivity (Wildman–Crippen MR) is 129 cm³/mol. The maximum atomic E-state index is 12.5. The van der Waals surface area contributed by atoms with Gasteiger partial charge in [-0.05, 0) is 44.2 Å². The summed E-state index contributed by atoms with van der Waals surface area (Å²) in [5.41, 5.74) is 2.26. The molecule has 0 fully saturated rings. The van der Waals surface area contributed by atoms with Crippen LogP contribution in [0.25, 0.3) is 17.1 Å². The van der Waals surface area contributed by atoms with E-state index in [1.807, 2.05) is 60.2 Å². The lowest BCUT2D eigenvalue weighted by Crippen LogP contribution is -2.30. The van der Waals surface area contributed by atoms with Gasteiger partial charge in [-0.15, -0.1) is 21.5 Å². The van der Waals surface area contributed by atoms with Gasteiger partial charge in [0.2, 0.25) is 0 Å². The minimum atomic E-state index is -0.0374. The number of aromatic nitrogens is 5. The highest BCUT2D eigenvalue weighted by atomic mass is 35.5. The van der Waals surface area contributed by atoms with E-state index in [0.29, 0.717) is 40.5 Å². The van der Waals surface area contributed by atoms with Crippen molar-refractivity contribution in [3.05, 3.63) is 69.9 Å². The second-order valence-corrected chi connectivity index (χ2v) is 9.07. The van der Waals surface area contributed by atoms with Crippen LogP contribution in [-0.2, 0) is 5.75 Å². The lowest BCUT2D eigenvalue weighted by Gasteiger charge is -2.16. The van der Waals surface area contributed by atoms with Crippen molar-refractivity contribution < 1.29 is 4.79 Å². The summed E-state index contributed by atoms with van der Waals surface area (Å²) in [7, 11) is 0. The number of hydrogen-bond donors (Lipinski definition) is 0. The van der Waals surface area contributed by atoms with Gasteiger partial charge in [0, 0.05) is 41.4 Å². The Morgan fingerprint density at radius 1 is 1.16 bits per heavy atom. The van der Waals surface area contributed by atoms with Gasteiger partial charge in [0.15, 0.2) is 11.0 Å². The number of amides is 1. The number of pyridine rings is 1. The van der Waals surface area contributed by atoms with E-state index in [1.165, 1.54) is 23.1 Å². The number of carbonyl (C=O) groups is 1. The fraction of sp³-hybridized carbons (Fsp3) is 0.227. The molecule has 0 spiro atoms. The van der Waals surface area contributed by atoms with Crippen molar-refractivity contribution in [2.75, 3.05) is 13.1 Å². The first-order valence-corrected chi connectivity index (χ1v) is 12.3. The second-order valence-electron chi connectivity index (χ2n) is 6.75. The number of nitrogens with zero attached hydrogens (tertiary/aromatic N) is 6. The smallest absolute Gasteiger partial charge is 0.273 e. The molecule has 3 heterocycles.